The number of hydrogen-bond acceptors (Lipinski definition) is 0. The van der Waals surface area contributed by atoms with Crippen LogP contribution < -0.4 is 0 Å². The van der Waals surface area contributed by atoms with Crippen LogP contribution in [-0.4, -0.2) is 45.7 Å². The molecule has 0 aliphatic heterocycles. The van der Waals surface area contributed by atoms with Gasteiger partial charge < -0.3 is 43.3 Å². The van der Waals surface area contributed by atoms with E-state index in [-0.39, 0.29) is 177 Å². The summed E-state index contributed by atoms with van der Waals surface area (Å²) in [5, 5.41) is 72.1. The van der Waals surface area contributed by atoms with Crippen LogP contribution in [0.25, 0.3) is 43.3 Å². The number of rotatable bonds is 0. The van der Waals surface area contributed by atoms with Gasteiger partial charge in [-0.3, -0.25) is 0 Å². The van der Waals surface area contributed by atoms with Gasteiger partial charge >= 0.3 is 0 Å². The van der Waals surface area contributed by atoms with Crippen molar-refractivity contribution in [2.45, 2.75) is 27.7 Å². The molecule has 0 saturated heterocycles. The van der Waals surface area contributed by atoms with E-state index in [4.69, 9.17) is 43.3 Å². The minimum atomic E-state index is -0.0972. The normalized spacial score (nSPS) is 16.6. The minimum absolute atomic E-state index is 0. The molecular weight excluding hydrogens is 1010 g/mol. The quantitative estimate of drug-likeness (QED) is 0.172. The average Bonchev–Trinajstić information content (AvgIpc) is 2.89. The Morgan fingerprint density at radius 3 is 1.10 bits per heavy atom. The van der Waals surface area contributed by atoms with Gasteiger partial charge in [0.25, 0.3) is 0 Å². The molecule has 208 valence electrons. The van der Waals surface area contributed by atoms with Crippen molar-refractivity contribution in [1.82, 2.24) is 0 Å². The van der Waals surface area contributed by atoms with E-state index >= 15 is 0 Å². The Morgan fingerprint density at radius 1 is 0.452 bits per heavy atom. The molecule has 4 aliphatic rings. The van der Waals surface area contributed by atoms with Crippen molar-refractivity contribution < 1.29 is 131 Å². The second kappa shape index (κ2) is 25.1. The van der Waals surface area contributed by atoms with Crippen LogP contribution >= 0.6 is 38.5 Å². The van der Waals surface area contributed by atoms with Gasteiger partial charge in [0, 0.05) is 131 Å². The molecule has 0 spiro atoms. The number of allylic oxidation sites excluding steroid dienone is 16. The van der Waals surface area contributed by atoms with Crippen LogP contribution in [0.3, 0.4) is 0 Å². The zero-order chi connectivity index (χ0) is 29.2. The third kappa shape index (κ3) is 16.5. The monoisotopic (exact) mass is 1030 g/mol. The summed E-state index contributed by atoms with van der Waals surface area (Å²) in [5.74, 6) is 0. The maximum Gasteiger partial charge on any atom is 0 e. The fourth-order valence-electron chi connectivity index (χ4n) is 2.60. The molecule has 0 aromatic carbocycles. The predicted molar refractivity (Wildman–Crippen MR) is 179 cm³/mol. The molecule has 0 saturated carbocycles. The van der Waals surface area contributed by atoms with E-state index in [1.54, 1.807) is 76.3 Å². The number of nitrogens with zero attached hydrogens (tertiary/aromatic N) is 8. The summed E-state index contributed by atoms with van der Waals surface area (Å²) in [6.07, 6.45) is 16.6. The molecule has 0 atom stereocenters. The van der Waals surface area contributed by atoms with Gasteiger partial charge in [-0.1, -0.05) is 86.8 Å². The summed E-state index contributed by atoms with van der Waals surface area (Å²) in [6, 6.07) is 0. The molecule has 0 N–H and O–H groups in total. The van der Waals surface area contributed by atoms with Gasteiger partial charge in [0.05, 0.1) is 0 Å². The zero-order valence-electron chi connectivity index (χ0n) is 23.4. The van der Waals surface area contributed by atoms with Crippen LogP contribution in [0.4, 0.5) is 0 Å². The van der Waals surface area contributed by atoms with Gasteiger partial charge in [0.2, 0.25) is 0 Å². The van der Waals surface area contributed by atoms with Crippen molar-refractivity contribution in [3.05, 3.63) is 134 Å². The fourth-order valence-corrected chi connectivity index (χ4v) is 3.35. The van der Waals surface area contributed by atoms with E-state index in [2.05, 4.69) is 15.9 Å². The molecule has 4 radical (unpaired) electrons. The smallest absolute Gasteiger partial charge is 0 e. The van der Waals surface area contributed by atoms with Crippen LogP contribution in [0.15, 0.2) is 91.1 Å². The van der Waals surface area contributed by atoms with Crippen molar-refractivity contribution in [3.8, 4) is 0 Å². The summed E-state index contributed by atoms with van der Waals surface area (Å²) < 4.78 is 1.18. The zero-order valence-corrected chi connectivity index (χ0v) is 38.5. The Kier molecular flexibility index (Phi) is 29.7. The van der Waals surface area contributed by atoms with Gasteiger partial charge in [0.1, 0.15) is 0 Å². The fraction of sp³-hybridized carbons (Fsp3) is 0.143. The molecule has 0 amide bonds. The molecule has 0 unspecified atom stereocenters. The average molecular weight is 1030 g/mol. The molecule has 0 bridgehead atoms. The molecule has 4 aliphatic carbocycles. The first-order valence-corrected chi connectivity index (χ1v) is 12.8. The van der Waals surface area contributed by atoms with Crippen molar-refractivity contribution in [2.24, 2.45) is 0 Å². The number of halogens is 2. The van der Waals surface area contributed by atoms with E-state index in [1.165, 1.54) is 12.2 Å². The van der Waals surface area contributed by atoms with Crippen LogP contribution in [0, 0.1) is 0 Å². The summed E-state index contributed by atoms with van der Waals surface area (Å²) in [4.78, 5) is 0. The number of hydrogen-bond donors (Lipinski definition) is 0. The SMILES string of the molecule is CC1=CC=C(Br)C(=[N-])C1=[N-].CC1=CC=C(I)C(=[N-])C1=[N-].CC1=CC=CC(=[N-])C1=[N-].CC1=CC=CC(=[N-])C1=[N-].[Y].[Y].[Y].[Y]. The van der Waals surface area contributed by atoms with Crippen molar-refractivity contribution >= 4 is 84.2 Å². The van der Waals surface area contributed by atoms with Gasteiger partial charge in [-0.25, -0.2) is 0 Å². The molecule has 0 fully saturated rings. The maximum absolute atomic E-state index is 9.13. The molecule has 8 nitrogen and oxygen atoms in total. The summed E-state index contributed by atoms with van der Waals surface area (Å²) >= 11 is 5.03. The molecule has 0 aromatic heterocycles. The molecule has 0 heterocycles. The van der Waals surface area contributed by atoms with Crippen molar-refractivity contribution in [3.63, 3.8) is 0 Å². The summed E-state index contributed by atoms with van der Waals surface area (Å²) in [5.41, 5.74) is 2.35. The standard InChI is InChI=1S/C7H5BrN2.C7H5IN2.2C7H6N2.4Y/c2*1-4-2-3-5(8)7(10)6(4)9;2*1-5-3-2-4-6(8)7(5)9;;;;/h2*2-3H,1H3;2*2-4H,1H3;;;;/q4*-2;;;;. The first-order valence-electron chi connectivity index (χ1n) is 11.0. The Balaban J connectivity index is -0.000000222. The largest absolute Gasteiger partial charge is 0.805 e. The van der Waals surface area contributed by atoms with E-state index in [9.17, 15) is 0 Å². The van der Waals surface area contributed by atoms with E-state index in [1.807, 2.05) is 22.6 Å². The predicted octanol–water partition coefficient (Wildman–Crippen LogP) is 7.57. The van der Waals surface area contributed by atoms with Gasteiger partial charge in [-0.05, 0) is 70.5 Å². The van der Waals surface area contributed by atoms with Crippen LogP contribution in [0.2, 0.25) is 0 Å². The maximum atomic E-state index is 9.13. The van der Waals surface area contributed by atoms with Gasteiger partial charge in [0.15, 0.2) is 0 Å². The molecular formula is C28H22BrIN8Y4-8. The third-order valence-electron chi connectivity index (χ3n) is 5.04. The topological polar surface area (TPSA) is 178 Å². The summed E-state index contributed by atoms with van der Waals surface area (Å²) in [6.45, 7) is 6.93. The molecule has 42 heavy (non-hydrogen) atoms. The third-order valence-corrected chi connectivity index (χ3v) is 6.55. The second-order valence-corrected chi connectivity index (χ2v) is 10.0. The van der Waals surface area contributed by atoms with Crippen LogP contribution in [-0.2, 0) is 131 Å². The molecule has 14 heteroatoms. The summed E-state index contributed by atoms with van der Waals surface area (Å²) in [7, 11) is 0. The Bertz CT molecular complexity index is 1230. The first-order chi connectivity index (χ1) is 17.7. The second-order valence-electron chi connectivity index (χ2n) is 8.01. The van der Waals surface area contributed by atoms with Gasteiger partial charge in [-0.15, -0.1) is 0 Å². The van der Waals surface area contributed by atoms with Crippen molar-refractivity contribution in [2.75, 3.05) is 0 Å². The minimum Gasteiger partial charge on any atom is -0.805 e. The van der Waals surface area contributed by atoms with Crippen LogP contribution in [0.5, 0.6) is 0 Å². The molecule has 0 aromatic rings. The van der Waals surface area contributed by atoms with Crippen LogP contribution in [0.1, 0.15) is 27.7 Å². The first kappa shape index (κ1) is 49.8. The Labute approximate surface area is 370 Å². The Hall–Kier alpha value is 0.906. The van der Waals surface area contributed by atoms with E-state index in [0.717, 1.165) is 0 Å². The van der Waals surface area contributed by atoms with E-state index in [0.29, 0.717) is 30.4 Å². The van der Waals surface area contributed by atoms with Gasteiger partial charge in [-0.2, -0.15) is 45.7 Å². The molecule has 4 rings (SSSR count). The van der Waals surface area contributed by atoms with E-state index < -0.39 is 0 Å². The Morgan fingerprint density at radius 2 is 0.786 bits per heavy atom. The van der Waals surface area contributed by atoms with Crippen molar-refractivity contribution in [1.29, 1.82) is 0 Å².